The molecule has 1 amide bonds. The van der Waals surface area contributed by atoms with E-state index in [1.165, 1.54) is 11.5 Å². The lowest BCUT2D eigenvalue weighted by molar-refractivity contribution is -0.118. The van der Waals surface area contributed by atoms with Crippen molar-refractivity contribution in [3.05, 3.63) is 11.3 Å². The summed E-state index contributed by atoms with van der Waals surface area (Å²) >= 11 is 1.22. The zero-order valence-electron chi connectivity index (χ0n) is 9.50. The van der Waals surface area contributed by atoms with Crippen LogP contribution in [0.15, 0.2) is 0 Å². The SMILES string of the molecule is Cc1nsc(NC(C)(C)CC(N)=O)c1C#N. The minimum Gasteiger partial charge on any atom is -0.370 e. The zero-order chi connectivity index (χ0) is 12.3. The molecule has 3 N–H and O–H groups in total. The largest absolute Gasteiger partial charge is 0.370 e. The molecule has 0 fully saturated rings. The third-order valence-electron chi connectivity index (χ3n) is 2.04. The smallest absolute Gasteiger partial charge is 0.219 e. The normalized spacial score (nSPS) is 10.9. The predicted molar refractivity (Wildman–Crippen MR) is 63.1 cm³/mol. The average molecular weight is 238 g/mol. The lowest BCUT2D eigenvalue weighted by Crippen LogP contribution is -2.35. The molecule has 5 nitrogen and oxygen atoms in total. The van der Waals surface area contributed by atoms with Gasteiger partial charge in [0.2, 0.25) is 5.91 Å². The molecule has 0 aromatic carbocycles. The number of primary amides is 1. The van der Waals surface area contributed by atoms with Crippen LogP contribution in [0, 0.1) is 18.3 Å². The van der Waals surface area contributed by atoms with Crippen LogP contribution < -0.4 is 11.1 Å². The number of aryl methyl sites for hydroxylation is 1. The molecule has 0 aliphatic rings. The molecule has 0 unspecified atom stereocenters. The van der Waals surface area contributed by atoms with E-state index in [1.54, 1.807) is 6.92 Å². The van der Waals surface area contributed by atoms with Gasteiger partial charge in [0, 0.05) is 12.0 Å². The molecule has 0 aliphatic heterocycles. The van der Waals surface area contributed by atoms with Gasteiger partial charge >= 0.3 is 0 Å². The first-order valence-corrected chi connectivity index (χ1v) is 5.56. The molecule has 86 valence electrons. The van der Waals surface area contributed by atoms with Crippen LogP contribution in [0.4, 0.5) is 5.00 Å². The average Bonchev–Trinajstić information content (AvgIpc) is 2.43. The van der Waals surface area contributed by atoms with Gasteiger partial charge in [-0.25, -0.2) is 0 Å². The van der Waals surface area contributed by atoms with Crippen molar-refractivity contribution in [2.75, 3.05) is 5.32 Å². The Morgan fingerprint density at radius 2 is 2.31 bits per heavy atom. The van der Waals surface area contributed by atoms with Crippen molar-refractivity contribution in [2.45, 2.75) is 32.7 Å². The number of anilines is 1. The second kappa shape index (κ2) is 4.49. The zero-order valence-corrected chi connectivity index (χ0v) is 10.3. The first-order valence-electron chi connectivity index (χ1n) is 4.78. The first-order chi connectivity index (χ1) is 7.35. The van der Waals surface area contributed by atoms with Gasteiger partial charge in [0.05, 0.1) is 5.69 Å². The van der Waals surface area contributed by atoms with Gasteiger partial charge in [-0.1, -0.05) is 0 Å². The summed E-state index contributed by atoms with van der Waals surface area (Å²) in [6, 6.07) is 2.09. The number of hydrogen-bond donors (Lipinski definition) is 2. The van der Waals surface area contributed by atoms with Gasteiger partial charge in [0.25, 0.3) is 0 Å². The number of nitrogens with zero attached hydrogens (tertiary/aromatic N) is 2. The number of nitrogens with one attached hydrogen (secondary N) is 1. The Morgan fingerprint density at radius 1 is 1.69 bits per heavy atom. The summed E-state index contributed by atoms with van der Waals surface area (Å²) in [4.78, 5) is 10.9. The van der Waals surface area contributed by atoms with Gasteiger partial charge in [0.1, 0.15) is 16.6 Å². The van der Waals surface area contributed by atoms with Crippen molar-refractivity contribution >= 4 is 22.4 Å². The molecular formula is C10H14N4OS. The van der Waals surface area contributed by atoms with Crippen LogP contribution in [-0.4, -0.2) is 15.8 Å². The van der Waals surface area contributed by atoms with E-state index in [1.807, 2.05) is 13.8 Å². The highest BCUT2D eigenvalue weighted by atomic mass is 32.1. The van der Waals surface area contributed by atoms with Gasteiger partial charge in [0.15, 0.2) is 0 Å². The predicted octanol–water partition coefficient (Wildman–Crippen LogP) is 1.39. The molecule has 16 heavy (non-hydrogen) atoms. The Hall–Kier alpha value is -1.61. The second-order valence-electron chi connectivity index (χ2n) is 4.24. The lowest BCUT2D eigenvalue weighted by Gasteiger charge is -2.24. The summed E-state index contributed by atoms with van der Waals surface area (Å²) in [7, 11) is 0. The molecule has 1 rings (SSSR count). The molecule has 1 heterocycles. The molecule has 0 atom stereocenters. The highest BCUT2D eigenvalue weighted by Gasteiger charge is 2.23. The van der Waals surface area contributed by atoms with Crippen LogP contribution in [0.2, 0.25) is 0 Å². The fourth-order valence-electron chi connectivity index (χ4n) is 1.37. The molecular weight excluding hydrogens is 224 g/mol. The topological polar surface area (TPSA) is 91.8 Å². The molecule has 0 radical (unpaired) electrons. The number of carbonyl (C=O) groups excluding carboxylic acids is 1. The number of nitriles is 1. The van der Waals surface area contributed by atoms with Crippen LogP contribution in [0.3, 0.4) is 0 Å². The quantitative estimate of drug-likeness (QED) is 0.829. The summed E-state index contributed by atoms with van der Waals surface area (Å²) in [5.41, 5.74) is 5.91. The van der Waals surface area contributed by atoms with Gasteiger partial charge in [-0.15, -0.1) is 0 Å². The standard InChI is InChI=1S/C10H14N4OS/c1-6-7(5-11)9(16-14-6)13-10(2,3)4-8(12)15/h13H,4H2,1-3H3,(H2,12,15). The van der Waals surface area contributed by atoms with Gasteiger partial charge in [-0.2, -0.15) is 9.64 Å². The fraction of sp³-hybridized carbons (Fsp3) is 0.500. The fourth-order valence-corrected chi connectivity index (χ4v) is 2.30. The number of aromatic nitrogens is 1. The summed E-state index contributed by atoms with van der Waals surface area (Å²) < 4.78 is 4.09. The Labute approximate surface area is 98.4 Å². The van der Waals surface area contributed by atoms with Crippen LogP contribution in [0.1, 0.15) is 31.5 Å². The second-order valence-corrected chi connectivity index (χ2v) is 5.01. The summed E-state index contributed by atoms with van der Waals surface area (Å²) in [6.07, 6.45) is 0.203. The van der Waals surface area contributed by atoms with E-state index in [0.717, 1.165) is 0 Å². The minimum atomic E-state index is -0.476. The molecule has 1 aromatic heterocycles. The van der Waals surface area contributed by atoms with Gasteiger partial charge in [-0.3, -0.25) is 4.79 Å². The van der Waals surface area contributed by atoms with Crippen molar-refractivity contribution < 1.29 is 4.79 Å². The maximum atomic E-state index is 10.9. The minimum absolute atomic E-state index is 0.203. The maximum absolute atomic E-state index is 10.9. The Balaban J connectivity index is 2.88. The lowest BCUT2D eigenvalue weighted by atomic mass is 10.0. The number of nitrogens with two attached hydrogens (primary N) is 1. The maximum Gasteiger partial charge on any atom is 0.219 e. The van der Waals surface area contributed by atoms with E-state index in [2.05, 4.69) is 15.8 Å². The number of rotatable bonds is 4. The van der Waals surface area contributed by atoms with Crippen molar-refractivity contribution in [2.24, 2.45) is 5.73 Å². The molecule has 0 saturated carbocycles. The van der Waals surface area contributed by atoms with Crippen molar-refractivity contribution in [1.82, 2.24) is 4.37 Å². The Kier molecular flexibility index (Phi) is 3.50. The van der Waals surface area contributed by atoms with Crippen LogP contribution in [-0.2, 0) is 4.79 Å². The van der Waals surface area contributed by atoms with E-state index in [9.17, 15) is 4.79 Å². The molecule has 1 aromatic rings. The molecule has 0 spiro atoms. The summed E-state index contributed by atoms with van der Waals surface area (Å²) in [6.45, 7) is 5.49. The highest BCUT2D eigenvalue weighted by molar-refractivity contribution is 7.10. The van der Waals surface area contributed by atoms with Crippen molar-refractivity contribution in [3.63, 3.8) is 0 Å². The third kappa shape index (κ3) is 2.94. The van der Waals surface area contributed by atoms with E-state index in [-0.39, 0.29) is 12.3 Å². The number of amides is 1. The van der Waals surface area contributed by atoms with Crippen molar-refractivity contribution in [1.29, 1.82) is 5.26 Å². The monoisotopic (exact) mass is 238 g/mol. The van der Waals surface area contributed by atoms with E-state index >= 15 is 0 Å². The van der Waals surface area contributed by atoms with E-state index in [0.29, 0.717) is 16.3 Å². The number of carbonyl (C=O) groups is 1. The van der Waals surface area contributed by atoms with Crippen molar-refractivity contribution in [3.8, 4) is 6.07 Å². The summed E-state index contributed by atoms with van der Waals surface area (Å²) in [5.74, 6) is -0.378. The van der Waals surface area contributed by atoms with E-state index < -0.39 is 5.54 Å². The van der Waals surface area contributed by atoms with Gasteiger partial charge < -0.3 is 11.1 Å². The number of hydrogen-bond acceptors (Lipinski definition) is 5. The highest BCUT2D eigenvalue weighted by Crippen LogP contribution is 2.27. The summed E-state index contributed by atoms with van der Waals surface area (Å²) in [5, 5.41) is 12.8. The van der Waals surface area contributed by atoms with Crippen LogP contribution >= 0.6 is 11.5 Å². The molecule has 6 heteroatoms. The van der Waals surface area contributed by atoms with E-state index in [4.69, 9.17) is 11.0 Å². The third-order valence-corrected chi connectivity index (χ3v) is 2.90. The molecule has 0 bridgehead atoms. The molecule has 0 aliphatic carbocycles. The molecule has 0 saturated heterocycles. The Morgan fingerprint density at radius 3 is 2.81 bits per heavy atom. The first kappa shape index (κ1) is 12.5. The van der Waals surface area contributed by atoms with Gasteiger partial charge in [-0.05, 0) is 32.3 Å². The van der Waals surface area contributed by atoms with Crippen LogP contribution in [0.5, 0.6) is 0 Å². The van der Waals surface area contributed by atoms with Crippen LogP contribution in [0.25, 0.3) is 0 Å². The Bertz CT molecular complexity index is 444.